The molecular formula is C13H17NO6. The number of phenolic OH excluding ortho intramolecular Hbond substituents is 1. The van der Waals surface area contributed by atoms with Crippen LogP contribution >= 0.6 is 0 Å². The maximum absolute atomic E-state index is 11.3. The zero-order chi connectivity index (χ0) is 15.3. The minimum Gasteiger partial charge on any atom is -0.508 e. The molecule has 2 atom stereocenters. The van der Waals surface area contributed by atoms with Gasteiger partial charge in [0, 0.05) is 19.0 Å². The van der Waals surface area contributed by atoms with Crippen molar-refractivity contribution in [2.45, 2.75) is 19.1 Å². The van der Waals surface area contributed by atoms with E-state index in [-0.39, 0.29) is 29.3 Å². The molecule has 1 amide bonds. The second kappa shape index (κ2) is 6.88. The van der Waals surface area contributed by atoms with Crippen LogP contribution in [0.2, 0.25) is 0 Å². The molecule has 110 valence electrons. The van der Waals surface area contributed by atoms with Gasteiger partial charge in [-0.3, -0.25) is 4.79 Å². The Kier molecular flexibility index (Phi) is 5.48. The van der Waals surface area contributed by atoms with Gasteiger partial charge >= 0.3 is 5.97 Å². The monoisotopic (exact) mass is 283 g/mol. The number of benzene rings is 1. The summed E-state index contributed by atoms with van der Waals surface area (Å²) in [6.45, 7) is 1.12. The van der Waals surface area contributed by atoms with Crippen LogP contribution in [-0.4, -0.2) is 47.0 Å². The van der Waals surface area contributed by atoms with E-state index in [1.54, 1.807) is 0 Å². The number of hydrogen-bond acceptors (Lipinski definition) is 6. The summed E-state index contributed by atoms with van der Waals surface area (Å²) >= 11 is 0. The first-order valence-corrected chi connectivity index (χ1v) is 5.88. The Morgan fingerprint density at radius 2 is 2.00 bits per heavy atom. The molecule has 0 heterocycles. The van der Waals surface area contributed by atoms with Gasteiger partial charge in [0.1, 0.15) is 18.0 Å². The van der Waals surface area contributed by atoms with Crippen molar-refractivity contribution in [2.24, 2.45) is 0 Å². The number of hydrogen-bond donors (Lipinski definition) is 4. The van der Waals surface area contributed by atoms with Gasteiger partial charge in [0.25, 0.3) is 0 Å². The highest BCUT2D eigenvalue weighted by Crippen LogP contribution is 2.27. The van der Waals surface area contributed by atoms with Crippen LogP contribution in [0.1, 0.15) is 28.9 Å². The number of carbonyl (C=O) groups is 2. The number of rotatable bonds is 5. The molecule has 0 radical (unpaired) electrons. The molecule has 0 bridgehead atoms. The molecule has 20 heavy (non-hydrogen) atoms. The highest BCUT2D eigenvalue weighted by atomic mass is 16.5. The number of amides is 1. The molecule has 0 aliphatic heterocycles. The van der Waals surface area contributed by atoms with E-state index in [0.717, 1.165) is 6.07 Å². The van der Waals surface area contributed by atoms with Gasteiger partial charge in [-0.15, -0.1) is 0 Å². The van der Waals surface area contributed by atoms with Gasteiger partial charge < -0.3 is 25.4 Å². The highest BCUT2D eigenvalue weighted by Gasteiger charge is 2.22. The Balaban J connectivity index is 2.85. The van der Waals surface area contributed by atoms with E-state index in [4.69, 9.17) is 0 Å². The Morgan fingerprint density at radius 1 is 1.35 bits per heavy atom. The summed E-state index contributed by atoms with van der Waals surface area (Å²) in [6, 6.07) is 3.80. The summed E-state index contributed by atoms with van der Waals surface area (Å²) in [4.78, 5) is 22.0. The van der Waals surface area contributed by atoms with Crippen LogP contribution in [0.25, 0.3) is 0 Å². The van der Waals surface area contributed by atoms with Crippen molar-refractivity contribution in [1.82, 2.24) is 5.32 Å². The van der Waals surface area contributed by atoms with E-state index in [1.807, 2.05) is 0 Å². The standard InChI is InChI=1S/C13H17NO6/c1-7(15)14-6-11(17)12(18)9-4-3-8(5-10(9)16)13(19)20-2/h3-5,11-12,16-18H,6H2,1-2H3,(H,14,15). The summed E-state index contributed by atoms with van der Waals surface area (Å²) < 4.78 is 4.49. The fourth-order valence-corrected chi connectivity index (χ4v) is 1.61. The molecule has 0 spiro atoms. The summed E-state index contributed by atoms with van der Waals surface area (Å²) in [5.41, 5.74) is 0.174. The normalized spacial score (nSPS) is 13.4. The first-order valence-electron chi connectivity index (χ1n) is 5.88. The SMILES string of the molecule is COC(=O)c1ccc(C(O)C(O)CNC(C)=O)c(O)c1. The molecule has 0 aliphatic rings. The molecule has 4 N–H and O–H groups in total. The minimum absolute atomic E-state index is 0.0514. The third-order valence-corrected chi connectivity index (χ3v) is 2.69. The van der Waals surface area contributed by atoms with Gasteiger partial charge in [0.2, 0.25) is 5.91 Å². The quantitative estimate of drug-likeness (QED) is 0.552. The molecule has 2 unspecified atom stereocenters. The van der Waals surface area contributed by atoms with Crippen LogP contribution in [0.4, 0.5) is 0 Å². The van der Waals surface area contributed by atoms with E-state index >= 15 is 0 Å². The first-order chi connectivity index (χ1) is 9.36. The third-order valence-electron chi connectivity index (χ3n) is 2.69. The summed E-state index contributed by atoms with van der Waals surface area (Å²) in [5, 5.41) is 31.7. The third kappa shape index (κ3) is 3.94. The average Bonchev–Trinajstić information content (AvgIpc) is 2.42. The van der Waals surface area contributed by atoms with Gasteiger partial charge in [0.05, 0.1) is 12.7 Å². The number of carbonyl (C=O) groups excluding carboxylic acids is 2. The highest BCUT2D eigenvalue weighted by molar-refractivity contribution is 5.89. The maximum Gasteiger partial charge on any atom is 0.337 e. The molecule has 0 aliphatic carbocycles. The van der Waals surface area contributed by atoms with Crippen LogP contribution < -0.4 is 5.32 Å². The zero-order valence-electron chi connectivity index (χ0n) is 11.2. The Labute approximate surface area is 115 Å². The van der Waals surface area contributed by atoms with E-state index in [2.05, 4.69) is 10.1 Å². The molecule has 0 saturated carbocycles. The van der Waals surface area contributed by atoms with Gasteiger partial charge in [-0.1, -0.05) is 6.07 Å². The Hall–Kier alpha value is -2.12. The molecule has 1 aromatic rings. The second-order valence-corrected chi connectivity index (χ2v) is 4.21. The van der Waals surface area contributed by atoms with Crippen LogP contribution in [0, 0.1) is 0 Å². The molecular weight excluding hydrogens is 266 g/mol. The van der Waals surface area contributed by atoms with Crippen LogP contribution in [0.15, 0.2) is 18.2 Å². The fourth-order valence-electron chi connectivity index (χ4n) is 1.61. The molecule has 1 rings (SSSR count). The Morgan fingerprint density at radius 3 is 2.50 bits per heavy atom. The number of ether oxygens (including phenoxy) is 1. The number of phenols is 1. The zero-order valence-corrected chi connectivity index (χ0v) is 11.2. The number of aliphatic hydroxyl groups is 2. The first kappa shape index (κ1) is 15.9. The van der Waals surface area contributed by atoms with Crippen LogP contribution in [-0.2, 0) is 9.53 Å². The summed E-state index contributed by atoms with van der Waals surface area (Å²) in [5.74, 6) is -1.32. The maximum atomic E-state index is 11.3. The van der Waals surface area contributed by atoms with Crippen LogP contribution in [0.5, 0.6) is 5.75 Å². The van der Waals surface area contributed by atoms with Gasteiger partial charge in [-0.05, 0) is 12.1 Å². The number of methoxy groups -OCH3 is 1. The number of aliphatic hydroxyl groups excluding tert-OH is 2. The topological polar surface area (TPSA) is 116 Å². The minimum atomic E-state index is -1.39. The molecule has 7 heteroatoms. The second-order valence-electron chi connectivity index (χ2n) is 4.21. The van der Waals surface area contributed by atoms with Crippen LogP contribution in [0.3, 0.4) is 0 Å². The molecule has 0 fully saturated rings. The van der Waals surface area contributed by atoms with Crippen molar-refractivity contribution in [2.75, 3.05) is 13.7 Å². The van der Waals surface area contributed by atoms with E-state index < -0.39 is 18.2 Å². The lowest BCUT2D eigenvalue weighted by atomic mass is 10.0. The van der Waals surface area contributed by atoms with Crippen molar-refractivity contribution >= 4 is 11.9 Å². The molecule has 1 aromatic carbocycles. The van der Waals surface area contributed by atoms with Gasteiger partial charge in [-0.2, -0.15) is 0 Å². The predicted molar refractivity (Wildman–Crippen MR) is 69.1 cm³/mol. The van der Waals surface area contributed by atoms with Crippen molar-refractivity contribution in [1.29, 1.82) is 0 Å². The number of nitrogens with one attached hydrogen (secondary N) is 1. The lowest BCUT2D eigenvalue weighted by Crippen LogP contribution is -2.34. The predicted octanol–water partition coefficient (Wildman–Crippen LogP) is -0.291. The van der Waals surface area contributed by atoms with Gasteiger partial charge in [0.15, 0.2) is 0 Å². The van der Waals surface area contributed by atoms with Crippen molar-refractivity contribution < 1.29 is 29.6 Å². The van der Waals surface area contributed by atoms with Gasteiger partial charge in [-0.25, -0.2) is 4.79 Å². The van der Waals surface area contributed by atoms with Crippen molar-refractivity contribution in [3.8, 4) is 5.75 Å². The lowest BCUT2D eigenvalue weighted by Gasteiger charge is -2.19. The molecule has 0 aromatic heterocycles. The number of aromatic hydroxyl groups is 1. The van der Waals surface area contributed by atoms with E-state index in [9.17, 15) is 24.9 Å². The lowest BCUT2D eigenvalue weighted by molar-refractivity contribution is -0.119. The molecule has 0 saturated heterocycles. The largest absolute Gasteiger partial charge is 0.508 e. The van der Waals surface area contributed by atoms with Crippen molar-refractivity contribution in [3.05, 3.63) is 29.3 Å². The fraction of sp³-hybridized carbons (Fsp3) is 0.385. The summed E-state index contributed by atoms with van der Waals surface area (Å²) in [6.07, 6.45) is -2.68. The van der Waals surface area contributed by atoms with E-state index in [0.29, 0.717) is 0 Å². The number of esters is 1. The van der Waals surface area contributed by atoms with E-state index in [1.165, 1.54) is 26.2 Å². The molecule has 7 nitrogen and oxygen atoms in total. The summed E-state index contributed by atoms with van der Waals surface area (Å²) in [7, 11) is 1.21. The van der Waals surface area contributed by atoms with Crippen molar-refractivity contribution in [3.63, 3.8) is 0 Å². The Bertz CT molecular complexity index is 502. The smallest absolute Gasteiger partial charge is 0.337 e. The average molecular weight is 283 g/mol.